The van der Waals surface area contributed by atoms with Crippen LogP contribution in [0.3, 0.4) is 0 Å². The van der Waals surface area contributed by atoms with Crippen LogP contribution in [0.2, 0.25) is 0 Å². The summed E-state index contributed by atoms with van der Waals surface area (Å²) in [5.41, 5.74) is 0.987. The van der Waals surface area contributed by atoms with Gasteiger partial charge in [0.25, 0.3) is 0 Å². The van der Waals surface area contributed by atoms with Crippen LogP contribution < -0.4 is 0 Å². The number of rotatable bonds is 4. The highest BCUT2D eigenvalue weighted by Crippen LogP contribution is 2.21. The number of ether oxygens (including phenoxy) is 1. The Morgan fingerprint density at radius 1 is 1.53 bits per heavy atom. The lowest BCUT2D eigenvalue weighted by atomic mass is 9.95. The molecule has 86 valence electrons. The molecule has 15 heavy (non-hydrogen) atoms. The summed E-state index contributed by atoms with van der Waals surface area (Å²) in [6, 6.07) is 0.566. The summed E-state index contributed by atoms with van der Waals surface area (Å²) in [4.78, 5) is 13.4. The van der Waals surface area contributed by atoms with Crippen LogP contribution in [0.1, 0.15) is 32.1 Å². The molecule has 0 bridgehead atoms. The second-order valence-corrected chi connectivity index (χ2v) is 4.34. The molecule has 1 aliphatic rings. The maximum Gasteiger partial charge on any atom is 0.309 e. The molecule has 3 heteroatoms. The summed E-state index contributed by atoms with van der Waals surface area (Å²) in [6.07, 6.45) is 5.08. The van der Waals surface area contributed by atoms with Gasteiger partial charge in [-0.05, 0) is 32.9 Å². The quantitative estimate of drug-likeness (QED) is 0.526. The number of esters is 1. The lowest BCUT2D eigenvalue weighted by Gasteiger charge is -2.32. The van der Waals surface area contributed by atoms with E-state index in [1.54, 1.807) is 0 Å². The number of carbonyl (C=O) groups is 1. The summed E-state index contributed by atoms with van der Waals surface area (Å²) in [5, 5.41) is 0. The van der Waals surface area contributed by atoms with Gasteiger partial charge in [-0.25, -0.2) is 0 Å². The largest absolute Gasteiger partial charge is 0.469 e. The minimum absolute atomic E-state index is 0.182. The zero-order chi connectivity index (χ0) is 11.3. The Kier molecular flexibility index (Phi) is 4.82. The lowest BCUT2D eigenvalue weighted by Crippen LogP contribution is -2.36. The number of likely N-dealkylation sites (tertiary alicyclic amines) is 1. The Morgan fingerprint density at radius 2 is 2.27 bits per heavy atom. The van der Waals surface area contributed by atoms with Crippen LogP contribution in [0.25, 0.3) is 0 Å². The molecule has 1 fully saturated rings. The summed E-state index contributed by atoms with van der Waals surface area (Å²) in [5.74, 6) is -0.182. The fraction of sp³-hybridized carbons (Fsp3) is 0.750. The Morgan fingerprint density at radius 3 is 2.87 bits per heavy atom. The fourth-order valence-corrected chi connectivity index (χ4v) is 2.08. The number of hydrogen-bond donors (Lipinski definition) is 0. The normalized spacial score (nSPS) is 22.4. The highest BCUT2D eigenvalue weighted by molar-refractivity contribution is 5.72. The third-order valence-electron chi connectivity index (χ3n) is 3.07. The van der Waals surface area contributed by atoms with E-state index in [0.29, 0.717) is 12.5 Å². The Bertz CT molecular complexity index is 238. The van der Waals surface area contributed by atoms with Crippen LogP contribution in [0.5, 0.6) is 0 Å². The molecule has 1 heterocycles. The van der Waals surface area contributed by atoms with Crippen LogP contribution in [-0.4, -0.2) is 37.6 Å². The molecule has 1 unspecified atom stereocenters. The lowest BCUT2D eigenvalue weighted by molar-refractivity contribution is -0.139. The van der Waals surface area contributed by atoms with Gasteiger partial charge in [0.2, 0.25) is 0 Å². The molecule has 0 aromatic rings. The minimum Gasteiger partial charge on any atom is -0.469 e. The molecule has 0 aromatic carbocycles. The van der Waals surface area contributed by atoms with E-state index in [4.69, 9.17) is 0 Å². The van der Waals surface area contributed by atoms with Crippen molar-refractivity contribution in [1.82, 2.24) is 4.90 Å². The maximum absolute atomic E-state index is 11.0. The first kappa shape index (κ1) is 12.2. The van der Waals surface area contributed by atoms with Gasteiger partial charge in [0.1, 0.15) is 0 Å². The summed E-state index contributed by atoms with van der Waals surface area (Å²) < 4.78 is 4.62. The molecular formula is C12H21NO2. The summed E-state index contributed by atoms with van der Waals surface area (Å²) in [7, 11) is 3.57. The van der Waals surface area contributed by atoms with Crippen molar-refractivity contribution in [1.29, 1.82) is 0 Å². The molecule has 0 radical (unpaired) electrons. The van der Waals surface area contributed by atoms with Crippen molar-refractivity contribution in [3.8, 4) is 0 Å². The van der Waals surface area contributed by atoms with Gasteiger partial charge in [-0.2, -0.15) is 0 Å². The average Bonchev–Trinajstić information content (AvgIpc) is 2.21. The first-order valence-corrected chi connectivity index (χ1v) is 5.57. The zero-order valence-corrected chi connectivity index (χ0v) is 9.79. The van der Waals surface area contributed by atoms with E-state index >= 15 is 0 Å². The minimum atomic E-state index is -0.182. The van der Waals surface area contributed by atoms with Gasteiger partial charge in [-0.1, -0.05) is 18.6 Å². The monoisotopic (exact) mass is 211 g/mol. The van der Waals surface area contributed by atoms with Crippen molar-refractivity contribution < 1.29 is 9.53 Å². The van der Waals surface area contributed by atoms with Crippen LogP contribution in [0.15, 0.2) is 12.2 Å². The first-order valence-electron chi connectivity index (χ1n) is 5.57. The van der Waals surface area contributed by atoms with Gasteiger partial charge in [0, 0.05) is 6.04 Å². The van der Waals surface area contributed by atoms with Crippen molar-refractivity contribution in [3.05, 3.63) is 12.2 Å². The van der Waals surface area contributed by atoms with E-state index in [2.05, 4.69) is 23.3 Å². The molecule has 1 atom stereocenters. The van der Waals surface area contributed by atoms with E-state index in [0.717, 1.165) is 18.5 Å². The zero-order valence-electron chi connectivity index (χ0n) is 9.79. The van der Waals surface area contributed by atoms with Gasteiger partial charge < -0.3 is 9.64 Å². The van der Waals surface area contributed by atoms with Crippen LogP contribution in [0, 0.1) is 0 Å². The molecule has 0 N–H and O–H groups in total. The Hall–Kier alpha value is -0.830. The molecule has 0 aromatic heterocycles. The standard InChI is InChI=1S/C12H21NO2/c1-10(9-12(14)15-3)8-11-6-4-5-7-13(11)2/h11H,1,4-9H2,2-3H3. The van der Waals surface area contributed by atoms with E-state index in [1.165, 1.54) is 26.4 Å². The predicted octanol–water partition coefficient (Wildman–Crippen LogP) is 1.98. The Labute approximate surface area is 92.1 Å². The molecule has 0 saturated carbocycles. The van der Waals surface area contributed by atoms with E-state index in [1.807, 2.05) is 0 Å². The topological polar surface area (TPSA) is 29.5 Å². The number of nitrogens with zero attached hydrogens (tertiary/aromatic N) is 1. The van der Waals surface area contributed by atoms with Gasteiger partial charge in [-0.15, -0.1) is 0 Å². The van der Waals surface area contributed by atoms with Gasteiger partial charge in [0.15, 0.2) is 0 Å². The van der Waals surface area contributed by atoms with Gasteiger partial charge in [0.05, 0.1) is 13.5 Å². The number of hydrogen-bond acceptors (Lipinski definition) is 3. The maximum atomic E-state index is 11.0. The van der Waals surface area contributed by atoms with Gasteiger partial charge in [-0.3, -0.25) is 4.79 Å². The summed E-state index contributed by atoms with van der Waals surface area (Å²) >= 11 is 0. The second kappa shape index (κ2) is 5.91. The van der Waals surface area contributed by atoms with Crippen molar-refractivity contribution >= 4 is 5.97 Å². The predicted molar refractivity (Wildman–Crippen MR) is 60.7 cm³/mol. The van der Waals surface area contributed by atoms with Crippen LogP contribution >= 0.6 is 0 Å². The third kappa shape index (κ3) is 4.04. The molecule has 1 aliphatic heterocycles. The molecule has 0 amide bonds. The van der Waals surface area contributed by atoms with Crippen LogP contribution in [0.4, 0.5) is 0 Å². The second-order valence-electron chi connectivity index (χ2n) is 4.34. The van der Waals surface area contributed by atoms with E-state index < -0.39 is 0 Å². The SMILES string of the molecule is C=C(CC(=O)OC)CC1CCCCN1C. The van der Waals surface area contributed by atoms with Crippen molar-refractivity contribution in [3.63, 3.8) is 0 Å². The summed E-state index contributed by atoms with van der Waals surface area (Å²) in [6.45, 7) is 5.11. The average molecular weight is 211 g/mol. The number of carbonyl (C=O) groups excluding carboxylic acids is 1. The number of piperidine rings is 1. The smallest absolute Gasteiger partial charge is 0.309 e. The van der Waals surface area contributed by atoms with Crippen molar-refractivity contribution in [2.75, 3.05) is 20.7 Å². The Balaban J connectivity index is 2.33. The highest BCUT2D eigenvalue weighted by Gasteiger charge is 2.20. The van der Waals surface area contributed by atoms with Crippen molar-refractivity contribution in [2.45, 2.75) is 38.1 Å². The van der Waals surface area contributed by atoms with Gasteiger partial charge >= 0.3 is 5.97 Å². The molecular weight excluding hydrogens is 190 g/mol. The van der Waals surface area contributed by atoms with Crippen LogP contribution in [-0.2, 0) is 9.53 Å². The number of methoxy groups -OCH3 is 1. The first-order chi connectivity index (χ1) is 7.13. The van der Waals surface area contributed by atoms with E-state index in [9.17, 15) is 4.79 Å². The van der Waals surface area contributed by atoms with E-state index in [-0.39, 0.29) is 5.97 Å². The molecule has 0 spiro atoms. The third-order valence-corrected chi connectivity index (χ3v) is 3.07. The van der Waals surface area contributed by atoms with Crippen molar-refractivity contribution in [2.24, 2.45) is 0 Å². The molecule has 1 saturated heterocycles. The fourth-order valence-electron chi connectivity index (χ4n) is 2.08. The molecule has 1 rings (SSSR count). The molecule has 3 nitrogen and oxygen atoms in total. The highest BCUT2D eigenvalue weighted by atomic mass is 16.5. The molecule has 0 aliphatic carbocycles.